The largest absolute Gasteiger partial charge is 0.481 e. The third-order valence-corrected chi connectivity index (χ3v) is 2.07. The lowest BCUT2D eigenvalue weighted by Gasteiger charge is -2.07. The molecule has 82 valence electrons. The minimum atomic E-state index is -1.09. The molecular formula is C10H11F2NO2. The molecule has 0 aliphatic rings. The third-order valence-electron chi connectivity index (χ3n) is 2.07. The van der Waals surface area contributed by atoms with Crippen molar-refractivity contribution in [3.63, 3.8) is 0 Å². The number of nitrogens with two attached hydrogens (primary N) is 1. The first-order chi connectivity index (χ1) is 7.06. The van der Waals surface area contributed by atoms with Crippen LogP contribution in [0.15, 0.2) is 12.1 Å². The number of carboxylic acids is 1. The summed E-state index contributed by atoms with van der Waals surface area (Å²) >= 11 is 0. The highest BCUT2D eigenvalue weighted by Gasteiger charge is 2.13. The molecule has 0 unspecified atom stereocenters. The van der Waals surface area contributed by atoms with Gasteiger partial charge in [0, 0.05) is 24.1 Å². The molecule has 0 spiro atoms. The lowest BCUT2D eigenvalue weighted by Crippen LogP contribution is -2.07. The van der Waals surface area contributed by atoms with Crippen LogP contribution in [0.4, 0.5) is 8.78 Å². The van der Waals surface area contributed by atoms with Gasteiger partial charge in [-0.1, -0.05) is 6.07 Å². The number of aliphatic carboxylic acids is 1. The number of halogens is 2. The van der Waals surface area contributed by atoms with Gasteiger partial charge in [-0.05, 0) is 12.5 Å². The molecule has 0 saturated heterocycles. The summed E-state index contributed by atoms with van der Waals surface area (Å²) in [6, 6.07) is 2.36. The van der Waals surface area contributed by atoms with E-state index in [9.17, 15) is 13.6 Å². The minimum Gasteiger partial charge on any atom is -0.481 e. The number of benzene rings is 1. The van der Waals surface area contributed by atoms with Gasteiger partial charge in [0.15, 0.2) is 0 Å². The Labute approximate surface area is 85.5 Å². The van der Waals surface area contributed by atoms with Crippen molar-refractivity contribution in [3.05, 3.63) is 34.9 Å². The molecule has 1 aromatic rings. The fraction of sp³-hybridized carbons (Fsp3) is 0.300. The molecule has 0 heterocycles. The number of hydrogen-bond acceptors (Lipinski definition) is 2. The molecule has 0 amide bonds. The van der Waals surface area contributed by atoms with Crippen molar-refractivity contribution in [2.45, 2.75) is 19.4 Å². The second-order valence-electron chi connectivity index (χ2n) is 3.10. The molecule has 3 nitrogen and oxygen atoms in total. The van der Waals surface area contributed by atoms with E-state index in [0.29, 0.717) is 0 Å². The van der Waals surface area contributed by atoms with Gasteiger partial charge in [-0.2, -0.15) is 0 Å². The van der Waals surface area contributed by atoms with E-state index in [1.54, 1.807) is 0 Å². The maximum absolute atomic E-state index is 13.5. The Balaban J connectivity index is 2.98. The first kappa shape index (κ1) is 11.6. The van der Waals surface area contributed by atoms with Crippen LogP contribution < -0.4 is 5.73 Å². The van der Waals surface area contributed by atoms with E-state index in [1.165, 1.54) is 6.07 Å². The van der Waals surface area contributed by atoms with Crippen molar-refractivity contribution in [2.24, 2.45) is 5.73 Å². The normalized spacial score (nSPS) is 10.3. The Morgan fingerprint density at radius 2 is 2.07 bits per heavy atom. The van der Waals surface area contributed by atoms with Crippen molar-refractivity contribution in [2.75, 3.05) is 0 Å². The lowest BCUT2D eigenvalue weighted by molar-refractivity contribution is -0.136. The van der Waals surface area contributed by atoms with Crippen LogP contribution in [-0.2, 0) is 17.8 Å². The monoisotopic (exact) mass is 215 g/mol. The van der Waals surface area contributed by atoms with Gasteiger partial charge < -0.3 is 10.8 Å². The minimum absolute atomic E-state index is 0.0355. The standard InChI is InChI=1S/C10H11F2NO2/c11-8-3-1-6(5-13)10(12)7(8)2-4-9(14)15/h1,3H,2,4-5,13H2,(H,14,15). The van der Waals surface area contributed by atoms with E-state index < -0.39 is 17.6 Å². The Morgan fingerprint density at radius 1 is 1.40 bits per heavy atom. The van der Waals surface area contributed by atoms with E-state index in [4.69, 9.17) is 10.8 Å². The molecule has 0 aliphatic carbocycles. The van der Waals surface area contributed by atoms with Crippen molar-refractivity contribution in [3.8, 4) is 0 Å². The van der Waals surface area contributed by atoms with E-state index >= 15 is 0 Å². The van der Waals surface area contributed by atoms with Gasteiger partial charge in [0.25, 0.3) is 0 Å². The highest BCUT2D eigenvalue weighted by atomic mass is 19.1. The van der Waals surface area contributed by atoms with Crippen molar-refractivity contribution in [1.82, 2.24) is 0 Å². The zero-order valence-corrected chi connectivity index (χ0v) is 7.96. The topological polar surface area (TPSA) is 63.3 Å². The summed E-state index contributed by atoms with van der Waals surface area (Å²) in [5.41, 5.74) is 5.23. The van der Waals surface area contributed by atoms with Crippen LogP contribution in [-0.4, -0.2) is 11.1 Å². The van der Waals surface area contributed by atoms with E-state index in [0.717, 1.165) is 6.07 Å². The Bertz CT molecular complexity index is 380. The molecular weight excluding hydrogens is 204 g/mol. The summed E-state index contributed by atoms with van der Waals surface area (Å²) in [4.78, 5) is 10.3. The second kappa shape index (κ2) is 4.84. The van der Waals surface area contributed by atoms with Crippen molar-refractivity contribution in [1.29, 1.82) is 0 Å². The maximum atomic E-state index is 13.5. The van der Waals surface area contributed by atoms with Crippen LogP contribution in [0.1, 0.15) is 17.5 Å². The zero-order chi connectivity index (χ0) is 11.4. The summed E-state index contributed by atoms with van der Waals surface area (Å²) in [5.74, 6) is -2.56. The molecule has 5 heteroatoms. The van der Waals surface area contributed by atoms with Gasteiger partial charge in [0.1, 0.15) is 11.6 Å². The zero-order valence-electron chi connectivity index (χ0n) is 7.96. The first-order valence-corrected chi connectivity index (χ1v) is 4.44. The molecule has 0 aliphatic heterocycles. The van der Waals surface area contributed by atoms with Crippen LogP contribution in [0.5, 0.6) is 0 Å². The number of carboxylic acid groups (broad SMARTS) is 1. The summed E-state index contributed by atoms with van der Waals surface area (Å²) < 4.78 is 26.6. The number of carbonyl (C=O) groups is 1. The van der Waals surface area contributed by atoms with Gasteiger partial charge in [-0.3, -0.25) is 4.79 Å². The highest BCUT2D eigenvalue weighted by molar-refractivity contribution is 5.67. The van der Waals surface area contributed by atoms with Gasteiger partial charge in [-0.15, -0.1) is 0 Å². The molecule has 3 N–H and O–H groups in total. The smallest absolute Gasteiger partial charge is 0.303 e. The molecule has 0 saturated carbocycles. The lowest BCUT2D eigenvalue weighted by atomic mass is 10.0. The van der Waals surface area contributed by atoms with E-state index in [1.807, 2.05) is 0 Å². The molecule has 1 aromatic carbocycles. The predicted molar refractivity (Wildman–Crippen MR) is 50.2 cm³/mol. The maximum Gasteiger partial charge on any atom is 0.303 e. The fourth-order valence-electron chi connectivity index (χ4n) is 1.26. The SMILES string of the molecule is NCc1ccc(F)c(CCC(=O)O)c1F. The molecule has 0 atom stereocenters. The second-order valence-corrected chi connectivity index (χ2v) is 3.10. The van der Waals surface area contributed by atoms with Crippen LogP contribution in [0.3, 0.4) is 0 Å². The highest BCUT2D eigenvalue weighted by Crippen LogP contribution is 2.18. The third kappa shape index (κ3) is 2.73. The van der Waals surface area contributed by atoms with Crippen molar-refractivity contribution >= 4 is 5.97 Å². The van der Waals surface area contributed by atoms with Crippen LogP contribution in [0.25, 0.3) is 0 Å². The Hall–Kier alpha value is -1.49. The summed E-state index contributed by atoms with van der Waals surface area (Å²) in [6.45, 7) is -0.0355. The van der Waals surface area contributed by atoms with E-state index in [2.05, 4.69) is 0 Å². The van der Waals surface area contributed by atoms with Crippen LogP contribution in [0, 0.1) is 11.6 Å². The number of rotatable bonds is 4. The van der Waals surface area contributed by atoms with E-state index in [-0.39, 0.29) is 30.5 Å². The van der Waals surface area contributed by atoms with Crippen LogP contribution in [0.2, 0.25) is 0 Å². The van der Waals surface area contributed by atoms with Gasteiger partial charge in [0.05, 0.1) is 0 Å². The predicted octanol–water partition coefficient (Wildman–Crippen LogP) is 1.44. The summed E-state index contributed by atoms with van der Waals surface area (Å²) in [6.07, 6.45) is -0.470. The van der Waals surface area contributed by atoms with Crippen LogP contribution >= 0.6 is 0 Å². The molecule has 0 aromatic heterocycles. The fourth-order valence-corrected chi connectivity index (χ4v) is 1.26. The van der Waals surface area contributed by atoms with Gasteiger partial charge in [0.2, 0.25) is 0 Å². The molecule has 15 heavy (non-hydrogen) atoms. The first-order valence-electron chi connectivity index (χ1n) is 4.44. The molecule has 0 radical (unpaired) electrons. The quantitative estimate of drug-likeness (QED) is 0.798. The molecule has 1 rings (SSSR count). The van der Waals surface area contributed by atoms with Gasteiger partial charge in [-0.25, -0.2) is 8.78 Å². The Kier molecular flexibility index (Phi) is 3.74. The van der Waals surface area contributed by atoms with Gasteiger partial charge >= 0.3 is 5.97 Å². The van der Waals surface area contributed by atoms with Crippen molar-refractivity contribution < 1.29 is 18.7 Å². The summed E-state index contributed by atoms with van der Waals surface area (Å²) in [7, 11) is 0. The molecule has 0 fully saturated rings. The average molecular weight is 215 g/mol. The summed E-state index contributed by atoms with van der Waals surface area (Å²) in [5, 5.41) is 8.41. The average Bonchev–Trinajstić information content (AvgIpc) is 2.17. The number of hydrogen-bond donors (Lipinski definition) is 2. The Morgan fingerprint density at radius 3 is 2.60 bits per heavy atom. The molecule has 0 bridgehead atoms.